The predicted molar refractivity (Wildman–Crippen MR) is 445 cm³/mol. The average Bonchev–Trinajstić information content (AvgIpc) is 0.913. The number of carbonyl (C=O) groups is 2. The molecule has 0 aliphatic carbocycles. The first-order valence-corrected chi connectivity index (χ1v) is 45.5. The second-order valence-corrected chi connectivity index (χ2v) is 32.4. The molecule has 2 atom stereocenters. The van der Waals surface area contributed by atoms with Crippen molar-refractivity contribution in [2.45, 2.75) is 431 Å². The maximum atomic E-state index is 12.9. The molecule has 0 aromatic carbocycles. The van der Waals surface area contributed by atoms with E-state index in [9.17, 15) is 19.0 Å². The number of esters is 2. The van der Waals surface area contributed by atoms with E-state index >= 15 is 0 Å². The van der Waals surface area contributed by atoms with Gasteiger partial charge in [0, 0.05) is 12.8 Å². The molecule has 1 N–H and O–H groups in total. The molecule has 10 heteroatoms. The quantitative estimate of drug-likeness (QED) is 0.0211. The van der Waals surface area contributed by atoms with Crippen LogP contribution in [0.2, 0.25) is 0 Å². The van der Waals surface area contributed by atoms with Gasteiger partial charge < -0.3 is 18.9 Å². The monoisotopic (exact) mass is 1450 g/mol. The Morgan fingerprint density at radius 3 is 0.843 bits per heavy atom. The number of hydrogen-bond donors (Lipinski definition) is 1. The van der Waals surface area contributed by atoms with Crippen molar-refractivity contribution in [2.75, 3.05) is 47.5 Å². The van der Waals surface area contributed by atoms with Crippen LogP contribution in [0.3, 0.4) is 0 Å². The number of hydrogen-bond acceptors (Lipinski definition) is 7. The van der Waals surface area contributed by atoms with Crippen LogP contribution in [0.15, 0.2) is 97.2 Å². The molecule has 0 bridgehead atoms. The number of allylic oxidation sites excluding steroid dienone is 16. The molecule has 0 spiro atoms. The van der Waals surface area contributed by atoms with Crippen LogP contribution in [-0.4, -0.2) is 74.9 Å². The van der Waals surface area contributed by atoms with E-state index in [2.05, 4.69) is 111 Å². The summed E-state index contributed by atoms with van der Waals surface area (Å²) in [5, 5.41) is 0. The number of unbranched alkanes of at least 4 members (excludes halogenated alkanes) is 52. The van der Waals surface area contributed by atoms with Gasteiger partial charge in [0.05, 0.1) is 27.7 Å². The molecule has 9 nitrogen and oxygen atoms in total. The number of quaternary nitrogens is 1. The van der Waals surface area contributed by atoms with Gasteiger partial charge in [0.15, 0.2) is 6.10 Å². The van der Waals surface area contributed by atoms with Crippen LogP contribution < -0.4 is 0 Å². The maximum Gasteiger partial charge on any atom is 0.472 e. The first-order valence-electron chi connectivity index (χ1n) is 44.0. The SMILES string of the molecule is CC/C=C\C/C=C\C/C=C\C/C=C\C/C=C\C/C=C\C/C=C\CCCCCCCCCCCCCCCCCC(=O)OC(COC(=O)CCCCCCCCCCCCCCCCCCCCCCCCCCCCCCC/C=C\CCCCCCCCCC)COP(=O)(O)OCC[N+](C)(C)C. The first kappa shape index (κ1) is 98.9. The second kappa shape index (κ2) is 82.0. The van der Waals surface area contributed by atoms with Crippen LogP contribution in [-0.2, 0) is 32.7 Å². The Labute approximate surface area is 634 Å². The minimum absolute atomic E-state index is 0.0313. The molecule has 0 aliphatic heterocycles. The molecule has 102 heavy (non-hydrogen) atoms. The number of likely N-dealkylation sites (N-methyl/N-ethyl adjacent to an activating group) is 1. The summed E-state index contributed by atoms with van der Waals surface area (Å²) in [6, 6.07) is 0. The van der Waals surface area contributed by atoms with E-state index in [0.29, 0.717) is 23.9 Å². The standard InChI is InChI=1S/C92H168NO8P/c1-6-8-10-12-14-16-18-20-22-24-26-28-30-32-34-36-38-40-42-44-45-46-47-49-50-52-54-56-58-60-62-64-66-68-70-72-74-76-78-80-82-84-91(94)98-88-90(89-100-102(96,97)99-87-86-93(3,4)5)101-92(95)85-83-81-79-77-75-73-71-69-67-65-63-61-59-57-55-53-51-48-43-41-39-37-35-33-31-29-27-25-23-21-19-17-15-13-11-9-7-2/h9,11,15,17,21,23-24,26-27,29,33,35,39,41,48,51,90H,6-8,10,12-14,16,18-20,22,25,28,30-32,34,36-38,40,42-47,49-50,52-89H2,1-5H3/p+1/b11-9-,17-15-,23-21-,26-24-,29-27-,35-33-,41-39-,51-48-. The average molecular weight is 1450 g/mol. The number of ether oxygens (including phenoxy) is 2. The largest absolute Gasteiger partial charge is 0.472 e. The summed E-state index contributed by atoms with van der Waals surface area (Å²) in [6.45, 7) is 4.38. The van der Waals surface area contributed by atoms with E-state index < -0.39 is 26.5 Å². The fourth-order valence-electron chi connectivity index (χ4n) is 12.9. The lowest BCUT2D eigenvalue weighted by molar-refractivity contribution is -0.870. The maximum absolute atomic E-state index is 12.9. The zero-order chi connectivity index (χ0) is 74.0. The number of phosphoric ester groups is 1. The summed E-state index contributed by atoms with van der Waals surface area (Å²) in [7, 11) is 1.49. The van der Waals surface area contributed by atoms with Gasteiger partial charge >= 0.3 is 19.8 Å². The molecule has 0 saturated heterocycles. The summed E-state index contributed by atoms with van der Waals surface area (Å²) >= 11 is 0. The minimum atomic E-state index is -4.40. The van der Waals surface area contributed by atoms with E-state index in [1.807, 2.05) is 21.1 Å². The Morgan fingerprint density at radius 1 is 0.314 bits per heavy atom. The molecule has 0 saturated carbocycles. The Morgan fingerprint density at radius 2 is 0.559 bits per heavy atom. The number of rotatable bonds is 82. The van der Waals surface area contributed by atoms with Gasteiger partial charge in [-0.1, -0.05) is 413 Å². The van der Waals surface area contributed by atoms with E-state index in [0.717, 1.165) is 77.0 Å². The summed E-state index contributed by atoms with van der Waals surface area (Å²) in [4.78, 5) is 36.1. The smallest absolute Gasteiger partial charge is 0.462 e. The molecule has 594 valence electrons. The molecule has 0 rings (SSSR count). The number of carbonyl (C=O) groups excluding carboxylic acids is 2. The van der Waals surface area contributed by atoms with Crippen LogP contribution in [0.1, 0.15) is 425 Å². The van der Waals surface area contributed by atoms with Crippen molar-refractivity contribution in [1.82, 2.24) is 0 Å². The van der Waals surface area contributed by atoms with Gasteiger partial charge in [-0.25, -0.2) is 4.57 Å². The van der Waals surface area contributed by atoms with Crippen molar-refractivity contribution in [1.29, 1.82) is 0 Å². The summed E-state index contributed by atoms with van der Waals surface area (Å²) in [5.74, 6) is -0.780. The van der Waals surface area contributed by atoms with E-state index in [1.54, 1.807) is 0 Å². The van der Waals surface area contributed by atoms with Crippen molar-refractivity contribution in [2.24, 2.45) is 0 Å². The lowest BCUT2D eigenvalue weighted by Gasteiger charge is -2.24. The highest BCUT2D eigenvalue weighted by molar-refractivity contribution is 7.47. The fourth-order valence-corrected chi connectivity index (χ4v) is 13.7. The third-order valence-corrected chi connectivity index (χ3v) is 20.6. The summed E-state index contributed by atoms with van der Waals surface area (Å²) in [6.07, 6.45) is 116. The lowest BCUT2D eigenvalue weighted by Crippen LogP contribution is -2.37. The fraction of sp³-hybridized carbons (Fsp3) is 0.804. The van der Waals surface area contributed by atoms with Gasteiger partial charge in [0.25, 0.3) is 0 Å². The van der Waals surface area contributed by atoms with Crippen molar-refractivity contribution >= 4 is 19.8 Å². The molecule has 0 heterocycles. The second-order valence-electron chi connectivity index (χ2n) is 30.9. The van der Waals surface area contributed by atoms with Crippen LogP contribution >= 0.6 is 7.82 Å². The van der Waals surface area contributed by atoms with Gasteiger partial charge in [-0.3, -0.25) is 18.6 Å². The molecule has 0 radical (unpaired) electrons. The molecule has 0 aromatic heterocycles. The van der Waals surface area contributed by atoms with Crippen molar-refractivity contribution in [3.05, 3.63) is 97.2 Å². The van der Waals surface area contributed by atoms with E-state index in [1.165, 1.54) is 315 Å². The van der Waals surface area contributed by atoms with Crippen LogP contribution in [0, 0.1) is 0 Å². The van der Waals surface area contributed by atoms with Crippen molar-refractivity contribution in [3.8, 4) is 0 Å². The molecule has 0 fully saturated rings. The molecule has 0 amide bonds. The van der Waals surface area contributed by atoms with E-state index in [-0.39, 0.29) is 25.6 Å². The summed E-state index contributed by atoms with van der Waals surface area (Å²) < 4.78 is 34.9. The van der Waals surface area contributed by atoms with Gasteiger partial charge in [-0.15, -0.1) is 0 Å². The number of nitrogens with zero attached hydrogens (tertiary/aromatic N) is 1. The lowest BCUT2D eigenvalue weighted by atomic mass is 10.0. The summed E-state index contributed by atoms with van der Waals surface area (Å²) in [5.41, 5.74) is 0. The van der Waals surface area contributed by atoms with E-state index in [4.69, 9.17) is 18.5 Å². The highest BCUT2D eigenvalue weighted by atomic mass is 31.2. The molecular formula is C92H169NO8P+. The normalized spacial score (nSPS) is 13.4. The minimum Gasteiger partial charge on any atom is -0.462 e. The van der Waals surface area contributed by atoms with Crippen molar-refractivity contribution < 1.29 is 42.1 Å². The third kappa shape index (κ3) is 85.9. The topological polar surface area (TPSA) is 108 Å². The zero-order valence-electron chi connectivity index (χ0n) is 68.1. The Bertz CT molecular complexity index is 2050. The third-order valence-electron chi connectivity index (χ3n) is 19.6. The molecule has 2 unspecified atom stereocenters. The number of phosphoric acid groups is 1. The van der Waals surface area contributed by atoms with Gasteiger partial charge in [0.1, 0.15) is 19.8 Å². The van der Waals surface area contributed by atoms with Gasteiger partial charge in [-0.2, -0.15) is 0 Å². The Hall–Kier alpha value is -3.07. The van der Waals surface area contributed by atoms with Gasteiger partial charge in [-0.05, 0) is 96.3 Å². The van der Waals surface area contributed by atoms with Crippen molar-refractivity contribution in [3.63, 3.8) is 0 Å². The predicted octanol–water partition coefficient (Wildman–Crippen LogP) is 29.7. The van der Waals surface area contributed by atoms with Crippen LogP contribution in [0.25, 0.3) is 0 Å². The highest BCUT2D eigenvalue weighted by Crippen LogP contribution is 2.43. The molecular weight excluding hydrogens is 1280 g/mol. The molecule has 0 aromatic rings. The van der Waals surface area contributed by atoms with Crippen LogP contribution in [0.4, 0.5) is 0 Å². The first-order chi connectivity index (χ1) is 50.0. The Kier molecular flexibility index (Phi) is 79.5. The zero-order valence-corrected chi connectivity index (χ0v) is 69.0. The Balaban J connectivity index is 3.89. The van der Waals surface area contributed by atoms with Gasteiger partial charge in [0.2, 0.25) is 0 Å². The molecule has 0 aliphatic rings. The van der Waals surface area contributed by atoms with Crippen LogP contribution in [0.5, 0.6) is 0 Å². The highest BCUT2D eigenvalue weighted by Gasteiger charge is 2.27.